The maximum atomic E-state index is 9.96. The lowest BCUT2D eigenvalue weighted by Crippen LogP contribution is -2.19. The molecular formula is C12H14O3Si2. The summed E-state index contributed by atoms with van der Waals surface area (Å²) < 4.78 is 5.37. The standard InChI is InChI=1S/C12H14O3Si2/c13-9-5-2-1-4-8(9)12-10(14)6-3-7-11(12)17-15-16/h1-7,13-14H,17H2,16H3. The van der Waals surface area contributed by atoms with Crippen LogP contribution in [0.25, 0.3) is 11.1 Å². The van der Waals surface area contributed by atoms with Crippen molar-refractivity contribution in [3.8, 4) is 22.6 Å². The molecule has 2 aromatic rings. The fourth-order valence-electron chi connectivity index (χ4n) is 1.86. The molecule has 0 aliphatic carbocycles. The Balaban J connectivity index is 2.61. The van der Waals surface area contributed by atoms with Crippen molar-refractivity contribution in [2.24, 2.45) is 0 Å². The van der Waals surface area contributed by atoms with Gasteiger partial charge in [0.1, 0.15) is 22.0 Å². The second-order valence-corrected chi connectivity index (χ2v) is 7.12. The molecule has 3 nitrogen and oxygen atoms in total. The number of rotatable bonds is 3. The Hall–Kier alpha value is -1.57. The van der Waals surface area contributed by atoms with Gasteiger partial charge in [0.2, 0.25) is 0 Å². The van der Waals surface area contributed by atoms with Gasteiger partial charge >= 0.3 is 0 Å². The summed E-state index contributed by atoms with van der Waals surface area (Å²) in [6.45, 7) is 0. The van der Waals surface area contributed by atoms with E-state index in [0.717, 1.165) is 5.19 Å². The van der Waals surface area contributed by atoms with E-state index in [1.807, 2.05) is 18.2 Å². The summed E-state index contributed by atoms with van der Waals surface area (Å²) in [5.41, 5.74) is 1.36. The number of aromatic hydroxyl groups is 2. The largest absolute Gasteiger partial charge is 0.507 e. The zero-order valence-electron chi connectivity index (χ0n) is 9.55. The van der Waals surface area contributed by atoms with Crippen LogP contribution >= 0.6 is 0 Å². The highest BCUT2D eigenvalue weighted by atomic mass is 28.3. The topological polar surface area (TPSA) is 49.7 Å². The van der Waals surface area contributed by atoms with E-state index in [-0.39, 0.29) is 11.5 Å². The first-order valence-corrected chi connectivity index (χ1v) is 7.42. The molecule has 0 heterocycles. The number of phenolic OH excluding ortho intramolecular Hbond substituents is 2. The molecule has 0 aliphatic rings. The summed E-state index contributed by atoms with van der Waals surface area (Å²) in [7, 11) is -0.123. The highest BCUT2D eigenvalue weighted by molar-refractivity contribution is 6.53. The van der Waals surface area contributed by atoms with Crippen LogP contribution in [0, 0.1) is 0 Å². The van der Waals surface area contributed by atoms with Crippen LogP contribution in [0.5, 0.6) is 11.5 Å². The lowest BCUT2D eigenvalue weighted by atomic mass is 10.0. The van der Waals surface area contributed by atoms with Crippen molar-refractivity contribution in [3.63, 3.8) is 0 Å². The Morgan fingerprint density at radius 3 is 2.35 bits per heavy atom. The van der Waals surface area contributed by atoms with Crippen molar-refractivity contribution in [2.75, 3.05) is 0 Å². The maximum Gasteiger partial charge on any atom is 0.178 e. The van der Waals surface area contributed by atoms with Crippen molar-refractivity contribution < 1.29 is 14.3 Å². The van der Waals surface area contributed by atoms with Crippen molar-refractivity contribution in [3.05, 3.63) is 42.5 Å². The van der Waals surface area contributed by atoms with Crippen LogP contribution in [-0.2, 0) is 4.12 Å². The van der Waals surface area contributed by atoms with E-state index < -0.39 is 9.76 Å². The Bertz CT molecular complexity index is 529. The van der Waals surface area contributed by atoms with Crippen molar-refractivity contribution in [1.29, 1.82) is 0 Å². The predicted molar refractivity (Wildman–Crippen MR) is 74.4 cm³/mol. The summed E-state index contributed by atoms with van der Waals surface area (Å²) in [5.74, 6) is 0.368. The fourth-order valence-corrected chi connectivity index (χ4v) is 3.85. The van der Waals surface area contributed by atoms with Crippen molar-refractivity contribution in [1.82, 2.24) is 0 Å². The highest BCUT2D eigenvalue weighted by Crippen LogP contribution is 2.33. The third-order valence-electron chi connectivity index (χ3n) is 2.60. The molecule has 0 fully saturated rings. The van der Waals surface area contributed by atoms with E-state index in [1.54, 1.807) is 24.3 Å². The van der Waals surface area contributed by atoms with Crippen LogP contribution < -0.4 is 5.19 Å². The fraction of sp³-hybridized carbons (Fsp3) is 0. The molecule has 0 atom stereocenters. The first-order chi connectivity index (χ1) is 8.24. The van der Waals surface area contributed by atoms with E-state index in [4.69, 9.17) is 4.12 Å². The zero-order chi connectivity index (χ0) is 12.3. The number of benzene rings is 2. The van der Waals surface area contributed by atoms with Gasteiger partial charge in [-0.15, -0.1) is 0 Å². The molecule has 2 rings (SSSR count). The first kappa shape index (κ1) is 11.9. The summed E-state index contributed by atoms with van der Waals surface area (Å²) in [5, 5.41) is 20.8. The molecule has 0 radical (unpaired) electrons. The van der Waals surface area contributed by atoms with E-state index in [0.29, 0.717) is 21.6 Å². The molecule has 0 spiro atoms. The van der Waals surface area contributed by atoms with Gasteiger partial charge < -0.3 is 14.3 Å². The molecule has 0 saturated carbocycles. The predicted octanol–water partition coefficient (Wildman–Crippen LogP) is -0.229. The molecule has 17 heavy (non-hydrogen) atoms. The van der Waals surface area contributed by atoms with Gasteiger partial charge in [-0.25, -0.2) is 0 Å². The van der Waals surface area contributed by atoms with E-state index in [1.165, 1.54) is 0 Å². The molecule has 5 heteroatoms. The second-order valence-electron chi connectivity index (χ2n) is 3.76. The van der Waals surface area contributed by atoms with Gasteiger partial charge in [-0.05, 0) is 17.3 Å². The molecule has 0 unspecified atom stereocenters. The van der Waals surface area contributed by atoms with Gasteiger partial charge in [-0.3, -0.25) is 0 Å². The molecular weight excluding hydrogens is 248 g/mol. The van der Waals surface area contributed by atoms with Gasteiger partial charge in [0.25, 0.3) is 0 Å². The van der Waals surface area contributed by atoms with Crippen LogP contribution in [0.2, 0.25) is 0 Å². The van der Waals surface area contributed by atoms with E-state index >= 15 is 0 Å². The summed E-state index contributed by atoms with van der Waals surface area (Å²) in [4.78, 5) is 0. The van der Waals surface area contributed by atoms with Crippen molar-refractivity contribution in [2.45, 2.75) is 0 Å². The molecule has 0 saturated heterocycles. The quantitative estimate of drug-likeness (QED) is 0.751. The number of hydrogen-bond donors (Lipinski definition) is 2. The molecule has 0 aromatic heterocycles. The van der Waals surface area contributed by atoms with Gasteiger partial charge in [0.05, 0.1) is 0 Å². The number of hydrogen-bond acceptors (Lipinski definition) is 3. The molecule has 0 aliphatic heterocycles. The average molecular weight is 262 g/mol. The minimum atomic E-state index is -0.821. The Labute approximate surface area is 105 Å². The van der Waals surface area contributed by atoms with Gasteiger partial charge in [-0.2, -0.15) is 0 Å². The molecule has 88 valence electrons. The summed E-state index contributed by atoms with van der Waals surface area (Å²) >= 11 is 0. The van der Waals surface area contributed by atoms with Gasteiger partial charge in [0, 0.05) is 11.1 Å². The van der Waals surface area contributed by atoms with Crippen molar-refractivity contribution >= 4 is 25.4 Å². The third-order valence-corrected chi connectivity index (χ3v) is 4.66. The lowest BCUT2D eigenvalue weighted by Gasteiger charge is -2.12. The smallest absolute Gasteiger partial charge is 0.178 e. The number of para-hydroxylation sites is 1. The Morgan fingerprint density at radius 2 is 1.65 bits per heavy atom. The van der Waals surface area contributed by atoms with E-state index in [2.05, 4.69) is 0 Å². The Morgan fingerprint density at radius 1 is 0.941 bits per heavy atom. The van der Waals surface area contributed by atoms with Gasteiger partial charge in [-0.1, -0.05) is 30.3 Å². The Kier molecular flexibility index (Phi) is 3.62. The highest BCUT2D eigenvalue weighted by Gasteiger charge is 2.13. The van der Waals surface area contributed by atoms with Crippen LogP contribution in [0.15, 0.2) is 42.5 Å². The lowest BCUT2D eigenvalue weighted by molar-refractivity contribution is 0.469. The number of phenols is 2. The summed E-state index contributed by atoms with van der Waals surface area (Å²) in [6, 6.07) is 12.4. The second kappa shape index (κ2) is 5.18. The van der Waals surface area contributed by atoms with E-state index in [9.17, 15) is 10.2 Å². The maximum absolute atomic E-state index is 9.96. The van der Waals surface area contributed by atoms with Crippen LogP contribution in [0.4, 0.5) is 0 Å². The molecule has 2 N–H and O–H groups in total. The third kappa shape index (κ3) is 2.41. The molecule has 0 amide bonds. The van der Waals surface area contributed by atoms with Crippen LogP contribution in [-0.4, -0.2) is 30.5 Å². The molecule has 2 aromatic carbocycles. The van der Waals surface area contributed by atoms with Crippen LogP contribution in [0.3, 0.4) is 0 Å². The molecule has 0 bridgehead atoms. The average Bonchev–Trinajstić information content (AvgIpc) is 2.31. The normalized spacial score (nSPS) is 11.3. The minimum Gasteiger partial charge on any atom is -0.507 e. The summed E-state index contributed by atoms with van der Waals surface area (Å²) in [6.07, 6.45) is 0. The SMILES string of the molecule is Oc1ccccc1-c1c(O)cccc1[SiH2]O[SiH3]. The minimum absolute atomic E-state index is 0.178. The zero-order valence-corrected chi connectivity index (χ0v) is 13.0. The van der Waals surface area contributed by atoms with Crippen LogP contribution in [0.1, 0.15) is 0 Å². The van der Waals surface area contributed by atoms with Gasteiger partial charge in [0.15, 0.2) is 9.76 Å². The monoisotopic (exact) mass is 262 g/mol. The first-order valence-electron chi connectivity index (χ1n) is 5.32.